The Bertz CT molecular complexity index is 987. The summed E-state index contributed by atoms with van der Waals surface area (Å²) in [5.74, 6) is -2.69. The molecule has 2 aliphatic rings. The number of β-amino-alcohol motifs (C(OH)–C–C–N with tert-alkyl or cyclic N) is 1. The van der Waals surface area contributed by atoms with Crippen LogP contribution in [0.5, 0.6) is 0 Å². The topological polar surface area (TPSA) is 130 Å². The molecule has 2 aliphatic heterocycles. The molecule has 1 saturated heterocycles. The first-order valence-electron chi connectivity index (χ1n) is 10.4. The average Bonchev–Trinajstić information content (AvgIpc) is 3.23. The number of piperazine rings is 1. The molecule has 0 unspecified atom stereocenters. The molecule has 0 bridgehead atoms. The van der Waals surface area contributed by atoms with Gasteiger partial charge in [0.2, 0.25) is 0 Å². The van der Waals surface area contributed by atoms with Crippen LogP contribution >= 0.6 is 0 Å². The Labute approximate surface area is 188 Å². The smallest absolute Gasteiger partial charge is 0.290 e. The lowest BCUT2D eigenvalue weighted by molar-refractivity contribution is -0.122. The van der Waals surface area contributed by atoms with Crippen molar-refractivity contribution < 1.29 is 33.4 Å². The van der Waals surface area contributed by atoms with Crippen LogP contribution in [-0.2, 0) is 17.8 Å². The minimum atomic E-state index is -0.897. The van der Waals surface area contributed by atoms with Crippen molar-refractivity contribution in [3.8, 4) is 0 Å². The number of aliphatic hydroxyl groups is 1. The summed E-state index contributed by atoms with van der Waals surface area (Å²) in [6.45, 7) is 3.26. The minimum Gasteiger partial charge on any atom is -0.483 e. The lowest BCUT2D eigenvalue weighted by Gasteiger charge is -2.34. The summed E-state index contributed by atoms with van der Waals surface area (Å²) in [5, 5.41) is 22.9. The number of hydrogen-bond acceptors (Lipinski definition) is 6. The molecule has 3 heterocycles. The highest BCUT2D eigenvalue weighted by atomic mass is 19.1. The first-order valence-corrected chi connectivity index (χ1v) is 10.4. The normalized spacial score (nSPS) is 16.0. The molecule has 10 nitrogen and oxygen atoms in total. The summed E-state index contributed by atoms with van der Waals surface area (Å²) in [7, 11) is 0. The van der Waals surface area contributed by atoms with Gasteiger partial charge in [-0.3, -0.25) is 24.4 Å². The van der Waals surface area contributed by atoms with E-state index in [9.17, 15) is 18.4 Å². The van der Waals surface area contributed by atoms with E-state index in [1.165, 1.54) is 11.0 Å². The van der Waals surface area contributed by atoms with Crippen LogP contribution in [0.1, 0.15) is 32.1 Å². The zero-order chi connectivity index (χ0) is 24.0. The van der Waals surface area contributed by atoms with Gasteiger partial charge in [-0.2, -0.15) is 5.10 Å². The van der Waals surface area contributed by atoms with Crippen LogP contribution in [-0.4, -0.2) is 99.3 Å². The van der Waals surface area contributed by atoms with E-state index in [0.29, 0.717) is 50.5 Å². The Balaban J connectivity index is 0.000000968. The van der Waals surface area contributed by atoms with E-state index in [-0.39, 0.29) is 32.1 Å². The third-order valence-electron chi connectivity index (χ3n) is 5.68. The van der Waals surface area contributed by atoms with E-state index in [0.717, 1.165) is 17.7 Å². The second-order valence-corrected chi connectivity index (χ2v) is 7.57. The van der Waals surface area contributed by atoms with Gasteiger partial charge in [0.25, 0.3) is 18.3 Å². The third-order valence-corrected chi connectivity index (χ3v) is 5.68. The molecule has 12 heteroatoms. The number of hydrogen-bond donors (Lipinski definition) is 3. The fourth-order valence-electron chi connectivity index (χ4n) is 3.99. The van der Waals surface area contributed by atoms with Gasteiger partial charge in [0.15, 0.2) is 5.69 Å². The van der Waals surface area contributed by atoms with E-state index in [1.807, 2.05) is 0 Å². The Morgan fingerprint density at radius 2 is 1.70 bits per heavy atom. The van der Waals surface area contributed by atoms with Gasteiger partial charge in [0, 0.05) is 44.8 Å². The Kier molecular flexibility index (Phi) is 8.06. The number of aliphatic hydroxyl groups excluding tert-OH is 1. The van der Waals surface area contributed by atoms with Crippen molar-refractivity contribution in [3.63, 3.8) is 0 Å². The summed E-state index contributed by atoms with van der Waals surface area (Å²) in [6.07, 6.45) is 0.374. The summed E-state index contributed by atoms with van der Waals surface area (Å²) >= 11 is 0. The maximum absolute atomic E-state index is 14.0. The fourth-order valence-corrected chi connectivity index (χ4v) is 3.99. The molecule has 0 radical (unpaired) electrons. The van der Waals surface area contributed by atoms with Crippen molar-refractivity contribution in [2.24, 2.45) is 0 Å². The summed E-state index contributed by atoms with van der Waals surface area (Å²) in [4.78, 5) is 39.1. The summed E-state index contributed by atoms with van der Waals surface area (Å²) in [5.41, 5.74) is 1.12. The second-order valence-electron chi connectivity index (χ2n) is 7.57. The monoisotopic (exact) mass is 465 g/mol. The molecule has 3 N–H and O–H groups in total. The molecule has 2 aromatic rings. The number of carbonyl (C=O) groups is 3. The van der Waals surface area contributed by atoms with Gasteiger partial charge in [0.1, 0.15) is 17.2 Å². The molecule has 2 amide bonds. The lowest BCUT2D eigenvalue weighted by atomic mass is 10.0. The standard InChI is InChI=1S/C20H23F2N5O3.CH2O2/c21-14-2-1-3-15(22)17(14)19(29)27-5-4-13-16(12-27)23-24-18(13)20(30)26-8-6-25(7-9-26)10-11-28;2-1-3/h1-3,28H,4-12H2,(H,23,24);1H,(H,2,3). The van der Waals surface area contributed by atoms with Crippen LogP contribution in [0.25, 0.3) is 0 Å². The quantitative estimate of drug-likeness (QED) is 0.555. The maximum atomic E-state index is 14.0. The van der Waals surface area contributed by atoms with Crippen molar-refractivity contribution in [3.05, 3.63) is 52.3 Å². The molecule has 0 saturated carbocycles. The Hall–Kier alpha value is -3.38. The second kappa shape index (κ2) is 11.0. The van der Waals surface area contributed by atoms with Crippen LogP contribution in [0, 0.1) is 11.6 Å². The number of aromatic nitrogens is 2. The van der Waals surface area contributed by atoms with E-state index >= 15 is 0 Å². The summed E-state index contributed by atoms with van der Waals surface area (Å²) < 4.78 is 27.9. The van der Waals surface area contributed by atoms with Crippen LogP contribution in [0.3, 0.4) is 0 Å². The van der Waals surface area contributed by atoms with E-state index < -0.39 is 23.1 Å². The number of carbonyl (C=O) groups excluding carboxylic acids is 2. The number of aromatic amines is 1. The van der Waals surface area contributed by atoms with E-state index in [2.05, 4.69) is 15.1 Å². The molecular formula is C21H25F2N5O5. The van der Waals surface area contributed by atoms with Crippen molar-refractivity contribution in [2.45, 2.75) is 13.0 Å². The molecule has 1 fully saturated rings. The number of H-pyrrole nitrogens is 1. The maximum Gasteiger partial charge on any atom is 0.290 e. The molecule has 178 valence electrons. The van der Waals surface area contributed by atoms with Gasteiger partial charge in [-0.15, -0.1) is 0 Å². The SMILES string of the molecule is O=C(c1n[nH]c2c1CCN(C(=O)c1c(F)cccc1F)C2)N1CCN(CCO)CC1.O=CO. The highest BCUT2D eigenvalue weighted by Crippen LogP contribution is 2.24. The number of rotatable bonds is 4. The molecule has 0 spiro atoms. The fraction of sp³-hybridized carbons (Fsp3) is 0.429. The molecule has 33 heavy (non-hydrogen) atoms. The molecular weight excluding hydrogens is 440 g/mol. The van der Waals surface area contributed by atoms with Gasteiger partial charge in [-0.1, -0.05) is 6.07 Å². The largest absolute Gasteiger partial charge is 0.483 e. The van der Waals surface area contributed by atoms with Gasteiger partial charge >= 0.3 is 0 Å². The predicted octanol–water partition coefficient (Wildman–Crippen LogP) is 0.337. The average molecular weight is 465 g/mol. The van der Waals surface area contributed by atoms with Gasteiger partial charge < -0.3 is 20.0 Å². The first kappa shape index (κ1) is 24.3. The van der Waals surface area contributed by atoms with Crippen LogP contribution in [0.15, 0.2) is 18.2 Å². The molecule has 1 aromatic heterocycles. The highest BCUT2D eigenvalue weighted by molar-refractivity contribution is 5.96. The Morgan fingerprint density at radius 1 is 1.06 bits per heavy atom. The number of nitrogens with zero attached hydrogens (tertiary/aromatic N) is 4. The minimum absolute atomic E-state index is 0.0901. The molecule has 1 aromatic carbocycles. The van der Waals surface area contributed by atoms with Crippen molar-refractivity contribution in [1.82, 2.24) is 24.9 Å². The molecule has 4 rings (SSSR count). The highest BCUT2D eigenvalue weighted by Gasteiger charge is 2.32. The van der Waals surface area contributed by atoms with Gasteiger partial charge in [0.05, 0.1) is 18.8 Å². The van der Waals surface area contributed by atoms with Crippen molar-refractivity contribution in [1.29, 1.82) is 0 Å². The summed E-state index contributed by atoms with van der Waals surface area (Å²) in [6, 6.07) is 3.32. The van der Waals surface area contributed by atoms with E-state index in [1.54, 1.807) is 4.90 Å². The number of amides is 2. The number of carboxylic acid groups (broad SMARTS) is 1. The van der Waals surface area contributed by atoms with E-state index in [4.69, 9.17) is 15.0 Å². The van der Waals surface area contributed by atoms with Crippen LogP contribution in [0.4, 0.5) is 8.78 Å². The predicted molar refractivity (Wildman–Crippen MR) is 112 cm³/mol. The van der Waals surface area contributed by atoms with Crippen molar-refractivity contribution in [2.75, 3.05) is 45.9 Å². The number of nitrogens with one attached hydrogen (secondary N) is 1. The molecule has 0 atom stereocenters. The van der Waals surface area contributed by atoms with Gasteiger partial charge in [-0.25, -0.2) is 8.78 Å². The van der Waals surface area contributed by atoms with Crippen LogP contribution in [0.2, 0.25) is 0 Å². The number of benzene rings is 1. The first-order chi connectivity index (χ1) is 15.9. The number of fused-ring (bicyclic) bond motifs is 1. The Morgan fingerprint density at radius 3 is 2.30 bits per heavy atom. The third kappa shape index (κ3) is 5.34. The zero-order valence-electron chi connectivity index (χ0n) is 17.8. The number of halogens is 2. The van der Waals surface area contributed by atoms with Crippen LogP contribution < -0.4 is 0 Å². The molecule has 0 aliphatic carbocycles. The lowest BCUT2D eigenvalue weighted by Crippen LogP contribution is -2.49. The van der Waals surface area contributed by atoms with Gasteiger partial charge in [-0.05, 0) is 18.6 Å². The zero-order valence-corrected chi connectivity index (χ0v) is 17.8. The van der Waals surface area contributed by atoms with Crippen molar-refractivity contribution >= 4 is 18.3 Å².